The van der Waals surface area contributed by atoms with Crippen molar-refractivity contribution >= 4 is 28.9 Å². The Balaban J connectivity index is 1.93. The van der Waals surface area contributed by atoms with Gasteiger partial charge in [-0.05, 0) is 25.5 Å². The first-order valence-electron chi connectivity index (χ1n) is 10.8. The van der Waals surface area contributed by atoms with Crippen LogP contribution in [0, 0.1) is 16.0 Å². The van der Waals surface area contributed by atoms with Gasteiger partial charge in [-0.3, -0.25) is 19.8 Å². The summed E-state index contributed by atoms with van der Waals surface area (Å²) >= 11 is 0. The Morgan fingerprint density at radius 2 is 2.19 bits per heavy atom. The fraction of sp³-hybridized carbons (Fsp3) is 0.435. The number of aromatic nitrogens is 1. The highest BCUT2D eigenvalue weighted by Gasteiger charge is 2.42. The Bertz CT molecular complexity index is 1110. The molecule has 0 spiro atoms. The van der Waals surface area contributed by atoms with Gasteiger partial charge in [0.2, 0.25) is 0 Å². The van der Waals surface area contributed by atoms with Crippen molar-refractivity contribution in [1.82, 2.24) is 9.88 Å². The number of carbonyl (C=O) groups excluding carboxylic acids is 1. The molecule has 0 radical (unpaired) electrons. The monoisotopic (exact) mass is 437 g/mol. The van der Waals surface area contributed by atoms with Gasteiger partial charge in [-0.1, -0.05) is 19.1 Å². The zero-order chi connectivity index (χ0) is 23.0. The van der Waals surface area contributed by atoms with Crippen molar-refractivity contribution < 1.29 is 14.5 Å². The second-order valence-corrected chi connectivity index (χ2v) is 8.30. The van der Waals surface area contributed by atoms with Crippen molar-refractivity contribution in [2.24, 2.45) is 10.9 Å². The number of methoxy groups -OCH3 is 1. The molecule has 2 atom stereocenters. The number of benzene rings is 1. The third-order valence-corrected chi connectivity index (χ3v) is 6.30. The predicted molar refractivity (Wildman–Crippen MR) is 121 cm³/mol. The van der Waals surface area contributed by atoms with E-state index in [1.54, 1.807) is 19.1 Å². The van der Waals surface area contributed by atoms with E-state index in [2.05, 4.69) is 16.8 Å². The second kappa shape index (κ2) is 8.66. The minimum atomic E-state index is -0.744. The van der Waals surface area contributed by atoms with Crippen LogP contribution < -0.4 is 5.73 Å². The van der Waals surface area contributed by atoms with Crippen molar-refractivity contribution in [2.75, 3.05) is 25.9 Å². The summed E-state index contributed by atoms with van der Waals surface area (Å²) in [6.07, 6.45) is 1.82. The molecule has 9 nitrogen and oxygen atoms in total. The first-order valence-corrected chi connectivity index (χ1v) is 10.8. The van der Waals surface area contributed by atoms with E-state index in [4.69, 9.17) is 15.5 Å². The molecule has 2 unspecified atom stereocenters. The molecule has 0 amide bonds. The molecule has 32 heavy (non-hydrogen) atoms. The average molecular weight is 438 g/mol. The molecular formula is C23H27N5O4. The zero-order valence-electron chi connectivity index (χ0n) is 18.5. The molecule has 3 heterocycles. The van der Waals surface area contributed by atoms with E-state index >= 15 is 0 Å². The number of non-ortho nitro benzene ring substituents is 1. The largest absolute Gasteiger partial charge is 0.468 e. The number of nitrogens with zero attached hydrogens (tertiary/aromatic N) is 4. The van der Waals surface area contributed by atoms with Crippen molar-refractivity contribution in [2.45, 2.75) is 39.2 Å². The van der Waals surface area contributed by atoms with Crippen molar-refractivity contribution in [1.29, 1.82) is 0 Å². The molecule has 0 bridgehead atoms. The fourth-order valence-electron chi connectivity index (χ4n) is 4.81. The number of ether oxygens (including phenoxy) is 1. The third-order valence-electron chi connectivity index (χ3n) is 6.30. The number of rotatable bonds is 5. The molecule has 0 saturated heterocycles. The second-order valence-electron chi connectivity index (χ2n) is 8.30. The fourth-order valence-corrected chi connectivity index (χ4v) is 4.81. The maximum Gasteiger partial charge on any atom is 0.315 e. The van der Waals surface area contributed by atoms with Gasteiger partial charge in [0.1, 0.15) is 5.92 Å². The van der Waals surface area contributed by atoms with Crippen LogP contribution in [0.15, 0.2) is 29.3 Å². The summed E-state index contributed by atoms with van der Waals surface area (Å²) in [6.45, 7) is 6.46. The molecule has 2 aliphatic rings. The van der Waals surface area contributed by atoms with Crippen LogP contribution in [0.2, 0.25) is 0 Å². The van der Waals surface area contributed by atoms with Gasteiger partial charge in [0.25, 0.3) is 5.69 Å². The highest BCUT2D eigenvalue weighted by molar-refractivity contribution is 6.05. The Hall–Kier alpha value is -3.33. The summed E-state index contributed by atoms with van der Waals surface area (Å²) in [5, 5.41) is 11.4. The van der Waals surface area contributed by atoms with E-state index in [0.717, 1.165) is 37.2 Å². The summed E-state index contributed by atoms with van der Waals surface area (Å²) in [5.74, 6) is -1.29. The number of nitrogens with two attached hydrogens (primary N) is 1. The molecule has 1 aromatic heterocycles. The maximum absolute atomic E-state index is 12.8. The molecule has 0 aliphatic carbocycles. The molecule has 1 aromatic carbocycles. The van der Waals surface area contributed by atoms with Gasteiger partial charge < -0.3 is 10.5 Å². The molecule has 9 heteroatoms. The molecule has 4 rings (SSSR count). The number of aliphatic imine (C=N–C) groups is 1. The average Bonchev–Trinajstić information content (AvgIpc) is 2.78. The number of fused-ring (bicyclic) bond motifs is 2. The lowest BCUT2D eigenvalue weighted by Gasteiger charge is -2.35. The molecule has 0 fully saturated rings. The van der Waals surface area contributed by atoms with Gasteiger partial charge in [-0.2, -0.15) is 0 Å². The van der Waals surface area contributed by atoms with E-state index in [0.29, 0.717) is 34.9 Å². The quantitative estimate of drug-likeness (QED) is 0.432. The third kappa shape index (κ3) is 3.73. The number of hydrogen-bond acceptors (Lipinski definition) is 8. The lowest BCUT2D eigenvalue weighted by Crippen LogP contribution is -2.36. The molecular weight excluding hydrogens is 410 g/mol. The normalized spacial score (nSPS) is 20.2. The number of pyridine rings is 1. The number of hydrogen-bond donors (Lipinski definition) is 1. The van der Waals surface area contributed by atoms with Crippen LogP contribution in [0.1, 0.15) is 48.6 Å². The standard InChI is InChI=1S/C23H27N5O4/c1-4-9-27-10-8-17-16(12-27)21(24)20-19(14-6-5-7-15(11-14)28(30)31)18(23(29)32-3)13(2)25-22(20)26-17/h5-7,11,18-19H,4,8-10,12H2,1-3H3,(H2,24,26). The van der Waals surface area contributed by atoms with Crippen LogP contribution >= 0.6 is 0 Å². The lowest BCUT2D eigenvalue weighted by atomic mass is 9.75. The van der Waals surface area contributed by atoms with Crippen molar-refractivity contribution in [3.63, 3.8) is 0 Å². The topological polar surface area (TPSA) is 124 Å². The Kier molecular flexibility index (Phi) is 5.92. The summed E-state index contributed by atoms with van der Waals surface area (Å²) in [4.78, 5) is 35.6. The highest BCUT2D eigenvalue weighted by atomic mass is 16.6. The number of nitrogen functional groups attached to an aromatic ring is 1. The van der Waals surface area contributed by atoms with E-state index in [9.17, 15) is 14.9 Å². The van der Waals surface area contributed by atoms with E-state index in [1.165, 1.54) is 19.2 Å². The summed E-state index contributed by atoms with van der Waals surface area (Å²) < 4.78 is 5.08. The van der Waals surface area contributed by atoms with E-state index in [-0.39, 0.29) is 5.69 Å². The Morgan fingerprint density at radius 1 is 1.41 bits per heavy atom. The number of nitro benzene ring substituents is 1. The SMILES string of the molecule is CCCN1CCc2nc3c(c(N)c2C1)C(c1cccc([N+](=O)[O-])c1)C(C(=O)OC)C(C)=N3. The predicted octanol–water partition coefficient (Wildman–Crippen LogP) is 3.37. The summed E-state index contributed by atoms with van der Waals surface area (Å²) in [5.41, 5.74) is 10.9. The smallest absolute Gasteiger partial charge is 0.315 e. The number of esters is 1. The van der Waals surface area contributed by atoms with Crippen LogP contribution in [0.3, 0.4) is 0 Å². The van der Waals surface area contributed by atoms with Crippen LogP contribution in [0.4, 0.5) is 17.2 Å². The first-order chi connectivity index (χ1) is 15.3. The van der Waals surface area contributed by atoms with Crippen molar-refractivity contribution in [3.05, 3.63) is 56.8 Å². The van der Waals surface area contributed by atoms with Gasteiger partial charge in [0.15, 0.2) is 5.82 Å². The number of anilines is 1. The van der Waals surface area contributed by atoms with E-state index in [1.807, 2.05) is 0 Å². The maximum atomic E-state index is 12.8. The summed E-state index contributed by atoms with van der Waals surface area (Å²) in [7, 11) is 1.33. The highest BCUT2D eigenvalue weighted by Crippen LogP contribution is 2.47. The molecule has 2 aromatic rings. The minimum absolute atomic E-state index is 0.0496. The first kappa shape index (κ1) is 21.9. The Labute approximate surface area is 186 Å². The Morgan fingerprint density at radius 3 is 2.88 bits per heavy atom. The van der Waals surface area contributed by atoms with Gasteiger partial charge in [-0.15, -0.1) is 0 Å². The molecule has 2 N–H and O–H groups in total. The molecule has 2 aliphatic heterocycles. The zero-order valence-corrected chi connectivity index (χ0v) is 18.5. The van der Waals surface area contributed by atoms with Crippen molar-refractivity contribution in [3.8, 4) is 0 Å². The van der Waals surface area contributed by atoms with Gasteiger partial charge in [-0.25, -0.2) is 9.98 Å². The summed E-state index contributed by atoms with van der Waals surface area (Å²) in [6, 6.07) is 6.31. The number of nitro groups is 1. The molecule has 0 saturated carbocycles. The van der Waals surface area contributed by atoms with Crippen LogP contribution in [-0.2, 0) is 22.5 Å². The number of carbonyl (C=O) groups is 1. The lowest BCUT2D eigenvalue weighted by molar-refractivity contribution is -0.384. The minimum Gasteiger partial charge on any atom is -0.468 e. The van der Waals surface area contributed by atoms with E-state index < -0.39 is 22.7 Å². The van der Waals surface area contributed by atoms with Crippen LogP contribution in [-0.4, -0.2) is 46.7 Å². The molecule has 168 valence electrons. The van der Waals surface area contributed by atoms with Crippen LogP contribution in [0.5, 0.6) is 0 Å². The van der Waals surface area contributed by atoms with Gasteiger partial charge in [0.05, 0.1) is 17.7 Å². The van der Waals surface area contributed by atoms with Gasteiger partial charge in [0, 0.05) is 60.1 Å². The van der Waals surface area contributed by atoms with Crippen LogP contribution in [0.25, 0.3) is 0 Å². The van der Waals surface area contributed by atoms with Gasteiger partial charge >= 0.3 is 5.97 Å².